The lowest BCUT2D eigenvalue weighted by Crippen LogP contribution is -2.28. The first-order chi connectivity index (χ1) is 17.0. The van der Waals surface area contributed by atoms with Gasteiger partial charge in [-0.15, -0.1) is 5.10 Å². The number of halogens is 5. The molecule has 2 N–H and O–H groups in total. The fourth-order valence-electron chi connectivity index (χ4n) is 3.67. The topological polar surface area (TPSA) is 85.2 Å². The van der Waals surface area contributed by atoms with E-state index >= 15 is 0 Å². The van der Waals surface area contributed by atoms with Crippen molar-refractivity contribution in [3.8, 4) is 16.9 Å². The quantitative estimate of drug-likeness (QED) is 0.465. The number of alkyl halides is 3. The molecule has 1 fully saturated rings. The lowest BCUT2D eigenvalue weighted by Gasteiger charge is -2.17. The second-order valence-electron chi connectivity index (χ2n) is 8.32. The van der Waals surface area contributed by atoms with E-state index in [2.05, 4.69) is 15.7 Å². The molecule has 4 rings (SSSR count). The van der Waals surface area contributed by atoms with Gasteiger partial charge in [0.15, 0.2) is 11.9 Å². The molecule has 12 heteroatoms. The first-order valence-electron chi connectivity index (χ1n) is 10.9. The van der Waals surface area contributed by atoms with Crippen LogP contribution in [0.3, 0.4) is 0 Å². The zero-order chi connectivity index (χ0) is 26.0. The van der Waals surface area contributed by atoms with Crippen molar-refractivity contribution in [1.82, 2.24) is 15.1 Å². The number of hydrogen-bond acceptors (Lipinski definition) is 4. The van der Waals surface area contributed by atoms with E-state index in [1.165, 1.54) is 30.3 Å². The van der Waals surface area contributed by atoms with Gasteiger partial charge >= 0.3 is 6.18 Å². The highest BCUT2D eigenvalue weighted by molar-refractivity contribution is 5.97. The van der Waals surface area contributed by atoms with Crippen molar-refractivity contribution < 1.29 is 36.3 Å². The van der Waals surface area contributed by atoms with Crippen LogP contribution < -0.4 is 10.6 Å². The maximum absolute atomic E-state index is 14.6. The Bertz CT molecular complexity index is 1290. The van der Waals surface area contributed by atoms with Crippen LogP contribution >= 0.6 is 0 Å². The summed E-state index contributed by atoms with van der Waals surface area (Å²) >= 11 is 0. The Balaban J connectivity index is 1.69. The number of para-hydroxylation sites is 1. The molecular formula is C24H21F5N4O3. The van der Waals surface area contributed by atoms with Gasteiger partial charge in [0.25, 0.3) is 0 Å². The first-order valence-corrected chi connectivity index (χ1v) is 10.9. The summed E-state index contributed by atoms with van der Waals surface area (Å²) in [5.74, 6) is -2.74. The van der Waals surface area contributed by atoms with Gasteiger partial charge in [0.1, 0.15) is 17.3 Å². The van der Waals surface area contributed by atoms with Crippen LogP contribution in [0.2, 0.25) is 0 Å². The molecule has 1 aliphatic rings. The number of carbonyl (C=O) groups is 2. The Morgan fingerprint density at radius 2 is 1.97 bits per heavy atom. The summed E-state index contributed by atoms with van der Waals surface area (Å²) in [7, 11) is 0. The number of hydrogen-bond donors (Lipinski definition) is 2. The summed E-state index contributed by atoms with van der Waals surface area (Å²) in [6.07, 6.45) is -6.63. The van der Waals surface area contributed by atoms with E-state index in [0.717, 1.165) is 23.7 Å². The van der Waals surface area contributed by atoms with E-state index in [-0.39, 0.29) is 47.2 Å². The largest absolute Gasteiger partial charge is 0.414 e. The molecule has 36 heavy (non-hydrogen) atoms. The molecule has 2 amide bonds. The molecular weight excluding hydrogens is 487 g/mol. The third-order valence-corrected chi connectivity index (χ3v) is 5.60. The fourth-order valence-corrected chi connectivity index (χ4v) is 3.67. The Morgan fingerprint density at radius 1 is 1.22 bits per heavy atom. The number of ether oxygens (including phenoxy) is 1. The predicted octanol–water partition coefficient (Wildman–Crippen LogP) is 4.36. The van der Waals surface area contributed by atoms with Gasteiger partial charge in [0.2, 0.25) is 11.8 Å². The molecule has 0 bridgehead atoms. The van der Waals surface area contributed by atoms with E-state index in [9.17, 15) is 31.5 Å². The maximum Gasteiger partial charge on any atom is 0.414 e. The number of nitrogens with zero attached hydrogens (tertiary/aromatic N) is 2. The average Bonchev–Trinajstić information content (AvgIpc) is 3.43. The minimum Gasteiger partial charge on any atom is -0.364 e. The normalized spacial score (nSPS) is 16.6. The van der Waals surface area contributed by atoms with Gasteiger partial charge in [0, 0.05) is 24.6 Å². The maximum atomic E-state index is 14.6. The minimum atomic E-state index is -4.58. The molecule has 0 radical (unpaired) electrons. The van der Waals surface area contributed by atoms with Crippen LogP contribution in [-0.4, -0.2) is 40.4 Å². The molecule has 0 saturated carbocycles. The summed E-state index contributed by atoms with van der Waals surface area (Å²) in [6.45, 7) is 0.483. The number of carbonyl (C=O) groups excluding carboxylic acids is 2. The van der Waals surface area contributed by atoms with Gasteiger partial charge < -0.3 is 15.4 Å². The summed E-state index contributed by atoms with van der Waals surface area (Å²) in [5.41, 5.74) is 0.449. The number of amides is 2. The molecule has 3 aromatic rings. The lowest BCUT2D eigenvalue weighted by molar-refractivity contribution is -0.217. The number of nitrogens with one attached hydrogen (secondary N) is 2. The monoisotopic (exact) mass is 508 g/mol. The van der Waals surface area contributed by atoms with Gasteiger partial charge in [-0.2, -0.15) is 13.2 Å². The summed E-state index contributed by atoms with van der Waals surface area (Å²) < 4.78 is 73.4. The zero-order valence-electron chi connectivity index (χ0n) is 18.9. The van der Waals surface area contributed by atoms with Crippen LogP contribution in [0, 0.1) is 17.6 Å². The van der Waals surface area contributed by atoms with Crippen LogP contribution in [0.15, 0.2) is 48.5 Å². The Kier molecular flexibility index (Phi) is 7.07. The highest BCUT2D eigenvalue weighted by atomic mass is 19.4. The van der Waals surface area contributed by atoms with E-state index < -0.39 is 42.3 Å². The Morgan fingerprint density at radius 3 is 2.64 bits per heavy atom. The lowest BCUT2D eigenvalue weighted by atomic mass is 10.1. The molecule has 7 nitrogen and oxygen atoms in total. The average molecular weight is 508 g/mol. The van der Waals surface area contributed by atoms with E-state index in [1.54, 1.807) is 6.07 Å². The molecule has 190 valence electrons. The summed E-state index contributed by atoms with van der Waals surface area (Å²) in [5, 5.41) is 9.39. The number of rotatable bonds is 7. The first kappa shape index (κ1) is 25.3. The fraction of sp³-hybridized carbons (Fsp3) is 0.292. The van der Waals surface area contributed by atoms with Crippen molar-refractivity contribution in [2.75, 3.05) is 11.9 Å². The van der Waals surface area contributed by atoms with Crippen molar-refractivity contribution in [1.29, 1.82) is 0 Å². The van der Waals surface area contributed by atoms with Crippen LogP contribution in [0.5, 0.6) is 0 Å². The molecule has 1 saturated heterocycles. The number of benzene rings is 2. The molecule has 0 spiro atoms. The van der Waals surface area contributed by atoms with Crippen molar-refractivity contribution in [3.05, 3.63) is 65.7 Å². The second-order valence-corrected chi connectivity index (χ2v) is 8.32. The minimum absolute atomic E-state index is 0.00142. The van der Waals surface area contributed by atoms with Gasteiger partial charge in [-0.3, -0.25) is 9.59 Å². The molecule has 2 heterocycles. The van der Waals surface area contributed by atoms with Crippen molar-refractivity contribution in [3.63, 3.8) is 0 Å². The highest BCUT2D eigenvalue weighted by Crippen LogP contribution is 2.30. The number of aromatic nitrogens is 2. The summed E-state index contributed by atoms with van der Waals surface area (Å²) in [4.78, 5) is 24.0. The highest BCUT2D eigenvalue weighted by Gasteiger charge is 2.37. The summed E-state index contributed by atoms with van der Waals surface area (Å²) in [6, 6.07) is 10.6. The van der Waals surface area contributed by atoms with Crippen LogP contribution in [0.25, 0.3) is 16.9 Å². The molecule has 0 unspecified atom stereocenters. The van der Waals surface area contributed by atoms with Crippen LogP contribution in [0.1, 0.15) is 18.9 Å². The van der Waals surface area contributed by atoms with Gasteiger partial charge in [-0.25, -0.2) is 13.5 Å². The Hall–Kier alpha value is -3.80. The number of anilines is 1. The van der Waals surface area contributed by atoms with E-state index in [0.29, 0.717) is 0 Å². The van der Waals surface area contributed by atoms with Gasteiger partial charge in [0.05, 0.1) is 18.2 Å². The molecule has 2 aromatic carbocycles. The SMILES string of the molecule is C[C@@H](OCc1cc(F)cc(-c2cc(NC(=O)[C@@H]3CNC(=O)C3)nn2-c2ccccc2F)c1)C(F)(F)F. The third kappa shape index (κ3) is 5.70. The molecule has 2 atom stereocenters. The smallest absolute Gasteiger partial charge is 0.364 e. The van der Waals surface area contributed by atoms with Crippen LogP contribution in [0.4, 0.5) is 27.8 Å². The van der Waals surface area contributed by atoms with Crippen molar-refractivity contribution in [2.45, 2.75) is 32.2 Å². The molecule has 1 aliphatic heterocycles. The van der Waals surface area contributed by atoms with Gasteiger partial charge in [-0.05, 0) is 42.8 Å². The van der Waals surface area contributed by atoms with Crippen molar-refractivity contribution in [2.24, 2.45) is 5.92 Å². The standard InChI is InChI=1S/C24H21F5N4O3/c1-13(24(27,28)29)36-12-14-6-15(8-17(25)7-14)20-10-21(31-23(35)16-9-22(34)30-11-16)32-33(20)19-5-3-2-4-18(19)26/h2-8,10,13,16H,9,11-12H2,1H3,(H,30,34)(H,31,32,35)/t13-,16+/m1/s1. The van der Waals surface area contributed by atoms with E-state index in [4.69, 9.17) is 4.74 Å². The van der Waals surface area contributed by atoms with Crippen LogP contribution in [-0.2, 0) is 20.9 Å². The molecule has 1 aromatic heterocycles. The van der Waals surface area contributed by atoms with Crippen molar-refractivity contribution >= 4 is 17.6 Å². The van der Waals surface area contributed by atoms with Gasteiger partial charge in [-0.1, -0.05) is 12.1 Å². The zero-order valence-corrected chi connectivity index (χ0v) is 18.9. The van der Waals surface area contributed by atoms with E-state index in [1.807, 2.05) is 0 Å². The third-order valence-electron chi connectivity index (χ3n) is 5.60. The predicted molar refractivity (Wildman–Crippen MR) is 119 cm³/mol. The Labute approximate surface area is 202 Å². The molecule has 0 aliphatic carbocycles. The second kappa shape index (κ2) is 10.1.